The Bertz CT molecular complexity index is 883. The Morgan fingerprint density at radius 2 is 1.92 bits per heavy atom. The van der Waals surface area contributed by atoms with Gasteiger partial charge in [0.15, 0.2) is 0 Å². The second-order valence-corrected chi connectivity index (χ2v) is 6.98. The van der Waals surface area contributed by atoms with Crippen LogP contribution < -0.4 is 0 Å². The van der Waals surface area contributed by atoms with Crippen molar-refractivity contribution in [3.05, 3.63) is 70.1 Å². The first-order valence-electron chi connectivity index (χ1n) is 8.35. The molecule has 0 aliphatic carbocycles. The van der Waals surface area contributed by atoms with Crippen LogP contribution in [0.4, 0.5) is 4.39 Å². The number of nitrogens with zero attached hydrogens (tertiary/aromatic N) is 2. The Kier molecular flexibility index (Phi) is 4.07. The summed E-state index contributed by atoms with van der Waals surface area (Å²) in [6.07, 6.45) is 1.93. The number of likely N-dealkylation sites (N-methyl/N-ethyl adjacent to an activating group) is 1. The SMILES string of the molecule is CN1CCc2c(c3c(Cl)cccc3n2CCc2ccc(F)cc2)C1. The average Bonchev–Trinajstić information content (AvgIpc) is 2.88. The van der Waals surface area contributed by atoms with Gasteiger partial charge in [-0.3, -0.25) is 0 Å². The monoisotopic (exact) mass is 342 g/mol. The number of aromatic nitrogens is 1. The van der Waals surface area contributed by atoms with Crippen LogP contribution in [-0.2, 0) is 25.9 Å². The molecule has 1 aromatic heterocycles. The molecular weight excluding hydrogens is 323 g/mol. The van der Waals surface area contributed by atoms with Gasteiger partial charge in [-0.1, -0.05) is 29.8 Å². The molecule has 2 aromatic carbocycles. The summed E-state index contributed by atoms with van der Waals surface area (Å²) in [5.41, 5.74) is 5.13. The number of fused-ring (bicyclic) bond motifs is 3. The van der Waals surface area contributed by atoms with Crippen LogP contribution in [0.15, 0.2) is 42.5 Å². The highest BCUT2D eigenvalue weighted by Gasteiger charge is 2.23. The maximum Gasteiger partial charge on any atom is 0.123 e. The van der Waals surface area contributed by atoms with E-state index in [1.54, 1.807) is 0 Å². The molecule has 2 heterocycles. The third kappa shape index (κ3) is 2.72. The van der Waals surface area contributed by atoms with Crippen molar-refractivity contribution in [2.24, 2.45) is 0 Å². The number of aryl methyl sites for hydroxylation is 2. The molecule has 0 amide bonds. The molecule has 2 nitrogen and oxygen atoms in total. The molecule has 0 spiro atoms. The van der Waals surface area contributed by atoms with Crippen LogP contribution in [0.2, 0.25) is 5.02 Å². The molecule has 0 N–H and O–H groups in total. The van der Waals surface area contributed by atoms with Gasteiger partial charge in [-0.15, -0.1) is 0 Å². The molecule has 0 unspecified atom stereocenters. The summed E-state index contributed by atoms with van der Waals surface area (Å²) in [7, 11) is 2.15. The Labute approximate surface area is 146 Å². The topological polar surface area (TPSA) is 8.17 Å². The van der Waals surface area contributed by atoms with Gasteiger partial charge in [0.05, 0.1) is 10.5 Å². The third-order valence-electron chi connectivity index (χ3n) is 4.95. The van der Waals surface area contributed by atoms with Crippen LogP contribution in [0.5, 0.6) is 0 Å². The quantitative estimate of drug-likeness (QED) is 0.671. The van der Waals surface area contributed by atoms with Crippen molar-refractivity contribution in [3.63, 3.8) is 0 Å². The van der Waals surface area contributed by atoms with Crippen LogP contribution in [0.25, 0.3) is 10.9 Å². The van der Waals surface area contributed by atoms with Gasteiger partial charge in [0, 0.05) is 37.1 Å². The summed E-state index contributed by atoms with van der Waals surface area (Å²) < 4.78 is 15.5. The average molecular weight is 343 g/mol. The molecule has 0 radical (unpaired) electrons. The number of rotatable bonds is 3. The van der Waals surface area contributed by atoms with Crippen LogP contribution >= 0.6 is 11.6 Å². The first-order chi connectivity index (χ1) is 11.6. The van der Waals surface area contributed by atoms with Crippen molar-refractivity contribution in [2.75, 3.05) is 13.6 Å². The second-order valence-electron chi connectivity index (χ2n) is 6.58. The smallest absolute Gasteiger partial charge is 0.123 e. The predicted octanol–water partition coefficient (Wildman–Crippen LogP) is 4.66. The van der Waals surface area contributed by atoms with Gasteiger partial charge in [0.25, 0.3) is 0 Å². The van der Waals surface area contributed by atoms with Gasteiger partial charge in [-0.25, -0.2) is 4.39 Å². The van der Waals surface area contributed by atoms with Crippen LogP contribution in [0, 0.1) is 5.82 Å². The molecule has 0 saturated carbocycles. The van der Waals surface area contributed by atoms with E-state index >= 15 is 0 Å². The molecule has 24 heavy (non-hydrogen) atoms. The number of benzene rings is 2. The Hall–Kier alpha value is -1.84. The van der Waals surface area contributed by atoms with E-state index in [1.165, 1.54) is 34.3 Å². The Morgan fingerprint density at radius 1 is 1.12 bits per heavy atom. The zero-order valence-corrected chi connectivity index (χ0v) is 14.5. The summed E-state index contributed by atoms with van der Waals surface area (Å²) in [5.74, 6) is -0.183. The van der Waals surface area contributed by atoms with E-state index < -0.39 is 0 Å². The molecule has 0 bridgehead atoms. The maximum atomic E-state index is 13.1. The fraction of sp³-hybridized carbons (Fsp3) is 0.300. The first-order valence-corrected chi connectivity index (χ1v) is 8.73. The van der Waals surface area contributed by atoms with E-state index in [1.807, 2.05) is 24.3 Å². The van der Waals surface area contributed by atoms with E-state index in [9.17, 15) is 4.39 Å². The minimum absolute atomic E-state index is 0.183. The number of hydrogen-bond acceptors (Lipinski definition) is 1. The van der Waals surface area contributed by atoms with Crippen LogP contribution in [-0.4, -0.2) is 23.1 Å². The number of halogens is 2. The van der Waals surface area contributed by atoms with E-state index in [-0.39, 0.29) is 5.82 Å². The minimum atomic E-state index is -0.183. The summed E-state index contributed by atoms with van der Waals surface area (Å²) >= 11 is 6.52. The summed E-state index contributed by atoms with van der Waals surface area (Å²) in [6, 6.07) is 13.0. The molecule has 124 valence electrons. The second kappa shape index (κ2) is 6.23. The highest BCUT2D eigenvalue weighted by atomic mass is 35.5. The van der Waals surface area contributed by atoms with Crippen molar-refractivity contribution in [3.8, 4) is 0 Å². The Morgan fingerprint density at radius 3 is 2.71 bits per heavy atom. The largest absolute Gasteiger partial charge is 0.344 e. The standard InChI is InChI=1S/C20H20ClFN2/c1-23-11-10-18-16(13-23)20-17(21)3-2-4-19(20)24(18)12-9-14-5-7-15(22)8-6-14/h2-8H,9-13H2,1H3. The van der Waals surface area contributed by atoms with E-state index in [0.717, 1.165) is 43.1 Å². The normalized spacial score (nSPS) is 15.0. The highest BCUT2D eigenvalue weighted by Crippen LogP contribution is 2.35. The first kappa shape index (κ1) is 15.7. The van der Waals surface area contributed by atoms with Gasteiger partial charge in [-0.2, -0.15) is 0 Å². The molecular formula is C20H20ClFN2. The van der Waals surface area contributed by atoms with E-state index in [2.05, 4.69) is 22.6 Å². The fourth-order valence-electron chi connectivity index (χ4n) is 3.74. The molecule has 4 rings (SSSR count). The van der Waals surface area contributed by atoms with E-state index in [0.29, 0.717) is 0 Å². The fourth-order valence-corrected chi connectivity index (χ4v) is 4.02. The molecule has 1 aliphatic heterocycles. The van der Waals surface area contributed by atoms with Crippen molar-refractivity contribution in [1.82, 2.24) is 9.47 Å². The van der Waals surface area contributed by atoms with Gasteiger partial charge in [-0.05, 0) is 48.9 Å². The third-order valence-corrected chi connectivity index (χ3v) is 5.27. The lowest BCUT2D eigenvalue weighted by atomic mass is 10.0. The zero-order valence-electron chi connectivity index (χ0n) is 13.7. The lowest BCUT2D eigenvalue weighted by Crippen LogP contribution is -2.27. The molecule has 4 heteroatoms. The van der Waals surface area contributed by atoms with Crippen LogP contribution in [0.3, 0.4) is 0 Å². The van der Waals surface area contributed by atoms with Crippen molar-refractivity contribution in [2.45, 2.75) is 25.9 Å². The van der Waals surface area contributed by atoms with Crippen LogP contribution in [0.1, 0.15) is 16.8 Å². The van der Waals surface area contributed by atoms with E-state index in [4.69, 9.17) is 11.6 Å². The van der Waals surface area contributed by atoms with Gasteiger partial charge in [0.2, 0.25) is 0 Å². The molecule has 0 saturated heterocycles. The highest BCUT2D eigenvalue weighted by molar-refractivity contribution is 6.35. The van der Waals surface area contributed by atoms with Gasteiger partial charge < -0.3 is 9.47 Å². The minimum Gasteiger partial charge on any atom is -0.344 e. The Balaban J connectivity index is 1.74. The summed E-state index contributed by atoms with van der Waals surface area (Å²) in [6.45, 7) is 2.90. The lowest BCUT2D eigenvalue weighted by molar-refractivity contribution is 0.309. The van der Waals surface area contributed by atoms with Gasteiger partial charge in [0.1, 0.15) is 5.82 Å². The lowest BCUT2D eigenvalue weighted by Gasteiger charge is -2.24. The molecule has 0 fully saturated rings. The van der Waals surface area contributed by atoms with Crippen molar-refractivity contribution in [1.29, 1.82) is 0 Å². The summed E-state index contributed by atoms with van der Waals surface area (Å²) in [5, 5.41) is 2.03. The predicted molar refractivity (Wildman–Crippen MR) is 97.1 cm³/mol. The molecule has 3 aromatic rings. The summed E-state index contributed by atoms with van der Waals surface area (Å²) in [4.78, 5) is 2.34. The van der Waals surface area contributed by atoms with Gasteiger partial charge >= 0.3 is 0 Å². The zero-order chi connectivity index (χ0) is 16.7. The maximum absolute atomic E-state index is 13.1. The van der Waals surface area contributed by atoms with Crippen molar-refractivity contribution < 1.29 is 4.39 Å². The molecule has 1 aliphatic rings. The molecule has 0 atom stereocenters. The number of hydrogen-bond donors (Lipinski definition) is 0. The van der Waals surface area contributed by atoms with Crippen molar-refractivity contribution >= 4 is 22.5 Å².